The van der Waals surface area contributed by atoms with Crippen LogP contribution in [-0.2, 0) is 49.7 Å². The fourth-order valence-electron chi connectivity index (χ4n) is 11.9. The molecule has 2 heterocycles. The number of hydrogen-bond acceptors (Lipinski definition) is 12. The van der Waals surface area contributed by atoms with Gasteiger partial charge in [0.25, 0.3) is 0 Å². The largest absolute Gasteiger partial charge is 0.480 e. The number of imide groups is 1. The van der Waals surface area contributed by atoms with Crippen LogP contribution in [0.4, 0.5) is 8.78 Å². The van der Waals surface area contributed by atoms with Gasteiger partial charge in [-0.15, -0.1) is 0 Å². The van der Waals surface area contributed by atoms with Gasteiger partial charge in [-0.2, -0.15) is 0 Å². The number of carboxylic acids is 1. The topological polar surface area (TPSA) is 292 Å². The molecule has 1 aromatic heterocycles. The van der Waals surface area contributed by atoms with E-state index < -0.39 is 94.9 Å². The Labute approximate surface area is 511 Å². The van der Waals surface area contributed by atoms with Crippen molar-refractivity contribution in [2.24, 2.45) is 34.3 Å². The Kier molecular flexibility index (Phi) is 26.3. The summed E-state index contributed by atoms with van der Waals surface area (Å²) in [6, 6.07) is 9.74. The summed E-state index contributed by atoms with van der Waals surface area (Å²) < 4.78 is 31.6. The molecular formula is C65H95F2N9O11. The first-order valence-corrected chi connectivity index (χ1v) is 30.9. The molecule has 0 radical (unpaired) electrons. The van der Waals surface area contributed by atoms with E-state index in [1.54, 1.807) is 26.1 Å². The number of hydrogen-bond donors (Lipinski definition) is 8. The molecule has 2 fully saturated rings. The lowest BCUT2D eigenvalue weighted by Crippen LogP contribution is -2.61. The molecule has 20 nitrogen and oxygen atoms in total. The molecule has 1 aliphatic carbocycles. The number of aliphatic hydroxyl groups excluding tert-OH is 1. The molecule has 22 heteroatoms. The minimum Gasteiger partial charge on any atom is -0.480 e. The molecule has 87 heavy (non-hydrogen) atoms. The van der Waals surface area contributed by atoms with Crippen molar-refractivity contribution < 1.29 is 62.1 Å². The van der Waals surface area contributed by atoms with Gasteiger partial charge in [-0.05, 0) is 118 Å². The second-order valence-corrected chi connectivity index (χ2v) is 25.4. The molecule has 3 aromatic rings. The van der Waals surface area contributed by atoms with Crippen molar-refractivity contribution in [1.29, 1.82) is 0 Å². The van der Waals surface area contributed by atoms with Gasteiger partial charge in [0.2, 0.25) is 41.4 Å². The summed E-state index contributed by atoms with van der Waals surface area (Å²) in [7, 11) is 0. The number of carboxylic acid groups (broad SMARTS) is 1. The number of aliphatic hydroxyl groups is 1. The highest BCUT2D eigenvalue weighted by Crippen LogP contribution is 2.43. The molecule has 9 N–H and O–H groups in total. The van der Waals surface area contributed by atoms with Gasteiger partial charge in [0.05, 0.1) is 30.0 Å². The molecule has 1 aliphatic heterocycles. The van der Waals surface area contributed by atoms with Crippen LogP contribution < -0.4 is 32.3 Å². The summed E-state index contributed by atoms with van der Waals surface area (Å²) in [4.78, 5) is 121. The lowest BCUT2D eigenvalue weighted by Gasteiger charge is -2.41. The number of rotatable bonds is 35. The van der Waals surface area contributed by atoms with Crippen LogP contribution in [0.3, 0.4) is 0 Å². The van der Waals surface area contributed by atoms with E-state index in [1.807, 2.05) is 76.4 Å². The van der Waals surface area contributed by atoms with Gasteiger partial charge in [-0.3, -0.25) is 38.5 Å². The van der Waals surface area contributed by atoms with Crippen molar-refractivity contribution in [2.75, 3.05) is 32.8 Å². The summed E-state index contributed by atoms with van der Waals surface area (Å²) in [6.45, 7) is 16.6. The molecular weight excluding hydrogens is 1120 g/mol. The number of nitrogens with one attached hydrogen (secondary N) is 5. The zero-order valence-electron chi connectivity index (χ0n) is 52.4. The zero-order valence-corrected chi connectivity index (χ0v) is 52.4. The highest BCUT2D eigenvalue weighted by Gasteiger charge is 2.47. The van der Waals surface area contributed by atoms with E-state index in [0.717, 1.165) is 36.6 Å². The quantitative estimate of drug-likeness (QED) is 0.0173. The first kappa shape index (κ1) is 70.8. The average molecular weight is 1220 g/mol. The highest BCUT2D eigenvalue weighted by atomic mass is 19.1. The Morgan fingerprint density at radius 1 is 0.885 bits per heavy atom. The predicted molar refractivity (Wildman–Crippen MR) is 326 cm³/mol. The van der Waals surface area contributed by atoms with Gasteiger partial charge >= 0.3 is 5.97 Å². The Balaban J connectivity index is 1.08. The highest BCUT2D eigenvalue weighted by molar-refractivity contribution is 6.04. The van der Waals surface area contributed by atoms with Crippen LogP contribution >= 0.6 is 0 Å². The first-order valence-electron chi connectivity index (χ1n) is 30.9. The molecule has 1 saturated carbocycles. The Morgan fingerprint density at radius 2 is 1.59 bits per heavy atom. The summed E-state index contributed by atoms with van der Waals surface area (Å²) in [6.07, 6.45) is 8.16. The lowest BCUT2D eigenvalue weighted by atomic mass is 9.72. The van der Waals surface area contributed by atoms with E-state index in [-0.39, 0.29) is 92.4 Å². The lowest BCUT2D eigenvalue weighted by molar-refractivity contribution is -0.142. The van der Waals surface area contributed by atoms with Crippen molar-refractivity contribution in [1.82, 2.24) is 41.0 Å². The van der Waals surface area contributed by atoms with Crippen LogP contribution in [0.1, 0.15) is 170 Å². The van der Waals surface area contributed by atoms with E-state index in [4.69, 9.17) is 5.73 Å². The maximum Gasteiger partial charge on any atom is 0.326 e. The van der Waals surface area contributed by atoms with Gasteiger partial charge in [-0.25, -0.2) is 13.6 Å². The van der Waals surface area contributed by atoms with Crippen LogP contribution in [0.15, 0.2) is 60.8 Å². The molecule has 0 spiro atoms. The molecule has 8 atom stereocenters. The maximum absolute atomic E-state index is 15.2. The third-order valence-corrected chi connectivity index (χ3v) is 18.0. The number of aldehydes is 1. The van der Waals surface area contributed by atoms with Crippen LogP contribution in [-0.4, -0.2) is 141 Å². The normalized spacial score (nSPS) is 18.4. The van der Waals surface area contributed by atoms with Gasteiger partial charge < -0.3 is 56.8 Å². The second-order valence-electron chi connectivity index (χ2n) is 25.4. The molecule has 7 amide bonds. The Morgan fingerprint density at radius 3 is 2.22 bits per heavy atom. The molecule has 480 valence electrons. The molecule has 1 unspecified atom stereocenters. The molecule has 1 saturated heterocycles. The summed E-state index contributed by atoms with van der Waals surface area (Å²) in [5, 5.41) is 34.5. The summed E-state index contributed by atoms with van der Waals surface area (Å²) in [5.74, 6) is -6.60. The van der Waals surface area contributed by atoms with Gasteiger partial charge in [0.1, 0.15) is 36.1 Å². The number of likely N-dealkylation sites (tertiary alicyclic amines) is 1. The molecule has 0 bridgehead atoms. The average Bonchev–Trinajstić information content (AvgIpc) is 1.76. The standard InChI is InChI=1S/C65H95F2N9O11/c1-10-64(9,11-2)48-35-55(80)76(61(48)85)31-19-13-16-26-54(79)73-65(40-78,41(3)4)39-70-42(5)58(82)72-52(62(86)87)24-17-18-30-69-59(83)46-23-20-25-51(46)71-60(84)50(68)29-32-75(56(81)38-77)57(63(6,7)8)53-33-44(47-34-45(66)27-28-49(47)67)37-74(53)36-43-21-14-12-15-22-43/h12,14-15,21-22,27-28,33-34,37,40-42,46,48,50-52,57,70,77H,10-11,13,16-20,23-26,29-32,35-36,38-39,68H2,1-9H3,(H,69,83)(H,71,84)(H,72,82)(H,73,79)(H,86,87)/t42-,46+,48?,50-,51-,52-,57-,65+/m0/s1. The Hall–Kier alpha value is -6.91. The van der Waals surface area contributed by atoms with Crippen molar-refractivity contribution in [3.8, 4) is 11.1 Å². The Bertz CT molecular complexity index is 2860. The van der Waals surface area contributed by atoms with Crippen molar-refractivity contribution in [2.45, 2.75) is 194 Å². The number of nitrogens with zero attached hydrogens (tertiary/aromatic N) is 3. The second kappa shape index (κ2) is 32.4. The minimum absolute atomic E-state index is 0.0248. The molecule has 2 aliphatic rings. The number of benzene rings is 2. The first-order chi connectivity index (χ1) is 41.1. The summed E-state index contributed by atoms with van der Waals surface area (Å²) >= 11 is 0. The van der Waals surface area contributed by atoms with Crippen LogP contribution in [0.5, 0.6) is 0 Å². The van der Waals surface area contributed by atoms with E-state index in [9.17, 15) is 57.8 Å². The predicted octanol–water partition coefficient (Wildman–Crippen LogP) is 6.70. The number of amides is 7. The number of halogens is 2. The van der Waals surface area contributed by atoms with Gasteiger partial charge in [0, 0.05) is 74.6 Å². The smallest absolute Gasteiger partial charge is 0.326 e. The number of aromatic nitrogens is 1. The number of carbonyl (C=O) groups is 9. The molecule has 5 rings (SSSR count). The van der Waals surface area contributed by atoms with Crippen LogP contribution in [0.25, 0.3) is 11.1 Å². The summed E-state index contributed by atoms with van der Waals surface area (Å²) in [5.41, 5.74) is 6.09. The monoisotopic (exact) mass is 1220 g/mol. The number of unbranched alkanes of at least 4 members (excludes halogenated alkanes) is 3. The van der Waals surface area contributed by atoms with Gasteiger partial charge in [0.15, 0.2) is 0 Å². The van der Waals surface area contributed by atoms with E-state index >= 15 is 4.39 Å². The van der Waals surface area contributed by atoms with Crippen molar-refractivity contribution >= 4 is 53.6 Å². The third kappa shape index (κ3) is 19.0. The van der Waals surface area contributed by atoms with Crippen LogP contribution in [0.2, 0.25) is 0 Å². The van der Waals surface area contributed by atoms with Crippen molar-refractivity contribution in [3.05, 3.63) is 83.7 Å². The number of aliphatic carboxylic acids is 1. The van der Waals surface area contributed by atoms with Crippen molar-refractivity contribution in [3.63, 3.8) is 0 Å². The zero-order chi connectivity index (χ0) is 64.4. The molecule has 2 aromatic carbocycles. The maximum atomic E-state index is 15.2. The number of carbonyl (C=O) groups excluding carboxylic acids is 8. The third-order valence-electron chi connectivity index (χ3n) is 18.0. The number of nitrogens with two attached hydrogens (primary N) is 1. The fraction of sp³-hybridized carbons (Fsp3) is 0.615. The van der Waals surface area contributed by atoms with E-state index in [0.29, 0.717) is 75.5 Å². The van der Waals surface area contributed by atoms with Gasteiger partial charge in [-0.1, -0.05) is 98.6 Å². The minimum atomic E-state index is -1.39. The van der Waals surface area contributed by atoms with E-state index in [1.165, 1.54) is 16.7 Å². The van der Waals surface area contributed by atoms with E-state index in [2.05, 4.69) is 26.6 Å². The fourth-order valence-corrected chi connectivity index (χ4v) is 11.9. The SMILES string of the molecule is CCC(C)(CC)C1CC(=O)N(CCCCCC(=O)N[C@@](C=O)(CN[C@@H](C)C(=O)N[C@@H](CCCCNC(=O)[C@@H]2CCC[C@@H]2NC(=O)[C@@H](N)CCN(C(=O)CO)[C@@H](c2cc(-c3cc(F)ccc3F)cn2Cc2ccccc2)C(C)(C)C)C(=O)O)C(C)C)C1=O. The van der Waals surface area contributed by atoms with Crippen LogP contribution in [0, 0.1) is 40.2 Å².